The molecule has 0 bridgehead atoms. The van der Waals surface area contributed by atoms with Crippen molar-refractivity contribution >= 4 is 17.3 Å². The molecule has 4 rings (SSSR count). The molecule has 0 saturated heterocycles. The first-order valence-electron chi connectivity index (χ1n) is 9.19. The number of rotatable bonds is 3. The summed E-state index contributed by atoms with van der Waals surface area (Å²) in [6.07, 6.45) is 0.393. The highest BCUT2D eigenvalue weighted by Crippen LogP contribution is 2.48. The lowest BCUT2D eigenvalue weighted by atomic mass is 9.73. The molecule has 1 atom stereocenters. The van der Waals surface area contributed by atoms with E-state index in [2.05, 4.69) is 0 Å². The summed E-state index contributed by atoms with van der Waals surface area (Å²) in [7, 11) is 2.77. The van der Waals surface area contributed by atoms with Crippen LogP contribution in [0.25, 0.3) is 0 Å². The van der Waals surface area contributed by atoms with Gasteiger partial charge in [0, 0.05) is 23.1 Å². The van der Waals surface area contributed by atoms with Gasteiger partial charge in [-0.05, 0) is 25.8 Å². The van der Waals surface area contributed by atoms with Crippen molar-refractivity contribution < 1.29 is 34.1 Å². The molecular weight excluding hydrogens is 376 g/mol. The fourth-order valence-corrected chi connectivity index (χ4v) is 4.38. The van der Waals surface area contributed by atoms with Gasteiger partial charge in [0.05, 0.1) is 30.9 Å². The molecule has 29 heavy (non-hydrogen) atoms. The van der Waals surface area contributed by atoms with Crippen molar-refractivity contribution in [3.05, 3.63) is 51.6 Å². The maximum Gasteiger partial charge on any atom is 0.202 e. The SMILES string of the molecule is COc1c2c(c(OC)c3c1C(=O)c1cccc(O)c1C3=O)CCC(O)(C(C)=O)C2. The Hall–Kier alpha value is -3.19. The summed E-state index contributed by atoms with van der Waals surface area (Å²) in [5.41, 5.74) is -0.403. The van der Waals surface area contributed by atoms with Gasteiger partial charge in [-0.3, -0.25) is 14.4 Å². The Morgan fingerprint density at radius 2 is 1.62 bits per heavy atom. The van der Waals surface area contributed by atoms with Gasteiger partial charge in [-0.1, -0.05) is 12.1 Å². The number of ketones is 3. The van der Waals surface area contributed by atoms with Crippen molar-refractivity contribution in [3.63, 3.8) is 0 Å². The van der Waals surface area contributed by atoms with E-state index in [0.29, 0.717) is 11.1 Å². The summed E-state index contributed by atoms with van der Waals surface area (Å²) in [6.45, 7) is 1.32. The summed E-state index contributed by atoms with van der Waals surface area (Å²) < 4.78 is 11.1. The number of Topliss-reactive ketones (excluding diaryl/α,β-unsaturated/α-hetero) is 1. The molecule has 2 aromatic rings. The van der Waals surface area contributed by atoms with Crippen LogP contribution in [0.3, 0.4) is 0 Å². The van der Waals surface area contributed by atoms with Crippen LogP contribution >= 0.6 is 0 Å². The number of ether oxygens (including phenoxy) is 2. The molecule has 0 saturated carbocycles. The standard InChI is InChI=1S/C22H20O7/c1-10(23)22(27)8-7-11-13(9-22)21(29-3)16-17(20(11)28-2)19(26)15-12(18(16)25)5-4-6-14(15)24/h4-6,24,27H,7-9H2,1-3H3. The van der Waals surface area contributed by atoms with Crippen molar-refractivity contribution in [3.8, 4) is 17.2 Å². The second-order valence-electron chi connectivity index (χ2n) is 7.40. The number of phenolic OH excluding ortho intramolecular Hbond substituents is 1. The van der Waals surface area contributed by atoms with Crippen LogP contribution in [0.1, 0.15) is 56.3 Å². The lowest BCUT2D eigenvalue weighted by Gasteiger charge is -2.35. The summed E-state index contributed by atoms with van der Waals surface area (Å²) in [5.74, 6) is -1.30. The second-order valence-corrected chi connectivity index (χ2v) is 7.40. The average Bonchev–Trinajstić information content (AvgIpc) is 2.69. The average molecular weight is 396 g/mol. The zero-order valence-electron chi connectivity index (χ0n) is 16.3. The smallest absolute Gasteiger partial charge is 0.202 e. The molecule has 7 nitrogen and oxygen atoms in total. The predicted octanol–water partition coefficient (Wildman–Crippen LogP) is 1.99. The minimum absolute atomic E-state index is 0.0269. The molecule has 150 valence electrons. The number of carbonyl (C=O) groups excluding carboxylic acids is 3. The summed E-state index contributed by atoms with van der Waals surface area (Å²) >= 11 is 0. The Kier molecular flexibility index (Phi) is 4.24. The van der Waals surface area contributed by atoms with Gasteiger partial charge in [-0.15, -0.1) is 0 Å². The quantitative estimate of drug-likeness (QED) is 0.697. The highest BCUT2D eigenvalue weighted by Gasteiger charge is 2.44. The number of hydrogen-bond donors (Lipinski definition) is 2. The van der Waals surface area contributed by atoms with E-state index in [4.69, 9.17) is 9.47 Å². The van der Waals surface area contributed by atoms with E-state index in [-0.39, 0.29) is 64.5 Å². The van der Waals surface area contributed by atoms with Crippen molar-refractivity contribution in [2.45, 2.75) is 31.8 Å². The third-order valence-electron chi connectivity index (χ3n) is 5.91. The molecule has 2 aliphatic carbocycles. The molecular formula is C22H20O7. The van der Waals surface area contributed by atoms with Crippen molar-refractivity contribution in [1.29, 1.82) is 0 Å². The normalized spacial score (nSPS) is 19.9. The maximum atomic E-state index is 13.3. The van der Waals surface area contributed by atoms with Gasteiger partial charge in [0.1, 0.15) is 22.8 Å². The van der Waals surface area contributed by atoms with Crippen molar-refractivity contribution in [2.24, 2.45) is 0 Å². The highest BCUT2D eigenvalue weighted by molar-refractivity contribution is 6.31. The number of aromatic hydroxyl groups is 1. The second kappa shape index (κ2) is 6.42. The van der Waals surface area contributed by atoms with E-state index in [1.54, 1.807) is 0 Å². The monoisotopic (exact) mass is 396 g/mol. The molecule has 2 aromatic carbocycles. The van der Waals surface area contributed by atoms with E-state index in [0.717, 1.165) is 0 Å². The lowest BCUT2D eigenvalue weighted by molar-refractivity contribution is -0.136. The van der Waals surface area contributed by atoms with Crippen LogP contribution in [-0.2, 0) is 17.6 Å². The van der Waals surface area contributed by atoms with Gasteiger partial charge < -0.3 is 19.7 Å². The van der Waals surface area contributed by atoms with Crippen LogP contribution in [0.4, 0.5) is 0 Å². The zero-order chi connectivity index (χ0) is 21.1. The molecule has 1 unspecified atom stereocenters. The number of fused-ring (bicyclic) bond motifs is 3. The summed E-state index contributed by atoms with van der Waals surface area (Å²) in [4.78, 5) is 38.6. The third-order valence-corrected chi connectivity index (χ3v) is 5.91. The third kappa shape index (κ3) is 2.50. The lowest BCUT2D eigenvalue weighted by Crippen LogP contribution is -2.43. The predicted molar refractivity (Wildman–Crippen MR) is 102 cm³/mol. The topological polar surface area (TPSA) is 110 Å². The molecule has 0 spiro atoms. The Morgan fingerprint density at radius 3 is 2.24 bits per heavy atom. The molecule has 2 aliphatic rings. The minimum Gasteiger partial charge on any atom is -0.507 e. The fourth-order valence-electron chi connectivity index (χ4n) is 4.38. The fraction of sp³-hybridized carbons (Fsp3) is 0.318. The van der Waals surface area contributed by atoms with Crippen molar-refractivity contribution in [1.82, 2.24) is 0 Å². The number of hydrogen-bond acceptors (Lipinski definition) is 7. The number of phenols is 1. The first-order chi connectivity index (χ1) is 13.7. The Morgan fingerprint density at radius 1 is 1.00 bits per heavy atom. The van der Waals surface area contributed by atoms with Gasteiger partial charge in [0.25, 0.3) is 0 Å². The minimum atomic E-state index is -1.57. The first kappa shape index (κ1) is 19.1. The van der Waals surface area contributed by atoms with Crippen LogP contribution in [0.2, 0.25) is 0 Å². The Labute approximate surface area is 166 Å². The van der Waals surface area contributed by atoms with E-state index in [9.17, 15) is 24.6 Å². The van der Waals surface area contributed by atoms with Crippen LogP contribution in [-0.4, -0.2) is 47.4 Å². The molecule has 0 heterocycles. The number of methoxy groups -OCH3 is 2. The highest BCUT2D eigenvalue weighted by atomic mass is 16.5. The van der Waals surface area contributed by atoms with Crippen LogP contribution in [0, 0.1) is 0 Å². The maximum absolute atomic E-state index is 13.3. The van der Waals surface area contributed by atoms with E-state index < -0.39 is 17.2 Å². The number of aliphatic hydroxyl groups is 1. The Balaban J connectivity index is 2.07. The van der Waals surface area contributed by atoms with Crippen LogP contribution < -0.4 is 9.47 Å². The molecule has 0 aromatic heterocycles. The van der Waals surface area contributed by atoms with Gasteiger partial charge in [0.2, 0.25) is 5.78 Å². The van der Waals surface area contributed by atoms with E-state index in [1.165, 1.54) is 39.3 Å². The molecule has 0 amide bonds. The number of carbonyl (C=O) groups is 3. The van der Waals surface area contributed by atoms with Gasteiger partial charge in [-0.25, -0.2) is 0 Å². The zero-order valence-corrected chi connectivity index (χ0v) is 16.3. The van der Waals surface area contributed by atoms with E-state index in [1.807, 2.05) is 0 Å². The van der Waals surface area contributed by atoms with Crippen LogP contribution in [0.5, 0.6) is 17.2 Å². The largest absolute Gasteiger partial charge is 0.507 e. The van der Waals surface area contributed by atoms with Gasteiger partial charge in [-0.2, -0.15) is 0 Å². The molecule has 2 N–H and O–H groups in total. The van der Waals surface area contributed by atoms with Crippen molar-refractivity contribution in [2.75, 3.05) is 14.2 Å². The van der Waals surface area contributed by atoms with Gasteiger partial charge in [0.15, 0.2) is 11.6 Å². The number of benzene rings is 2. The summed E-state index contributed by atoms with van der Waals surface area (Å²) in [6, 6.07) is 4.31. The first-order valence-corrected chi connectivity index (χ1v) is 9.19. The molecule has 7 heteroatoms. The molecule has 0 aliphatic heterocycles. The van der Waals surface area contributed by atoms with Crippen LogP contribution in [0.15, 0.2) is 18.2 Å². The summed E-state index contributed by atoms with van der Waals surface area (Å²) in [5, 5.41) is 21.0. The molecule has 0 fully saturated rings. The van der Waals surface area contributed by atoms with Gasteiger partial charge >= 0.3 is 0 Å². The molecule has 0 radical (unpaired) electrons. The van der Waals surface area contributed by atoms with E-state index >= 15 is 0 Å². The Bertz CT molecular complexity index is 1100.